The third kappa shape index (κ3) is 5.81. The Hall–Kier alpha value is -2.04. The van der Waals surface area contributed by atoms with Crippen LogP contribution in [0.2, 0.25) is 5.02 Å². The molecule has 0 radical (unpaired) electrons. The summed E-state index contributed by atoms with van der Waals surface area (Å²) in [6.07, 6.45) is 8.03. The van der Waals surface area contributed by atoms with Gasteiger partial charge in [0.05, 0.1) is 6.10 Å². The van der Waals surface area contributed by atoms with Gasteiger partial charge >= 0.3 is 0 Å². The Labute approximate surface area is 190 Å². The number of hydrogen-bond donors (Lipinski definition) is 1. The van der Waals surface area contributed by atoms with Crippen LogP contribution < -0.4 is 10.1 Å². The van der Waals surface area contributed by atoms with Crippen LogP contribution in [0.15, 0.2) is 48.5 Å². The number of nitrogens with one attached hydrogen (secondary N) is 1. The largest absolute Gasteiger partial charge is 0.490 e. The Kier molecular flexibility index (Phi) is 7.52. The minimum absolute atomic E-state index is 0.0695. The Morgan fingerprint density at radius 3 is 2.65 bits per heavy atom. The van der Waals surface area contributed by atoms with E-state index >= 15 is 0 Å². The molecule has 0 atom stereocenters. The van der Waals surface area contributed by atoms with Crippen molar-refractivity contribution >= 4 is 17.5 Å². The normalized spacial score (nSPS) is 18.6. The fraction of sp³-hybridized carbons (Fsp3) is 0.500. The molecular weight excluding hydrogens is 410 g/mol. The van der Waals surface area contributed by atoms with Crippen molar-refractivity contribution in [2.75, 3.05) is 19.8 Å². The molecule has 31 heavy (non-hydrogen) atoms. The summed E-state index contributed by atoms with van der Waals surface area (Å²) in [5.41, 5.74) is 2.08. The third-order valence-electron chi connectivity index (χ3n) is 6.66. The van der Waals surface area contributed by atoms with E-state index < -0.39 is 0 Å². The molecule has 166 valence electrons. The summed E-state index contributed by atoms with van der Waals surface area (Å²) in [6, 6.07) is 16.1. The number of halogens is 1. The van der Waals surface area contributed by atoms with E-state index in [2.05, 4.69) is 23.5 Å². The number of rotatable bonds is 8. The number of aryl methyl sites for hydroxylation is 1. The molecule has 2 aromatic carbocycles. The predicted molar refractivity (Wildman–Crippen MR) is 124 cm³/mol. The molecule has 2 aromatic rings. The SMILES string of the molecule is O=C(CCc1cccc(OC2CCCC2)c1)NCC1(c2ccccc2Cl)CCOCC1. The number of amides is 1. The molecule has 1 aliphatic heterocycles. The smallest absolute Gasteiger partial charge is 0.220 e. The van der Waals surface area contributed by atoms with E-state index in [9.17, 15) is 4.79 Å². The van der Waals surface area contributed by atoms with Crippen molar-refractivity contribution in [1.82, 2.24) is 5.32 Å². The number of carbonyl (C=O) groups is 1. The van der Waals surface area contributed by atoms with Crippen LogP contribution in [-0.2, 0) is 21.4 Å². The second kappa shape index (κ2) is 10.5. The molecule has 4 nitrogen and oxygen atoms in total. The molecule has 2 fully saturated rings. The highest BCUT2D eigenvalue weighted by Crippen LogP contribution is 2.38. The molecule has 5 heteroatoms. The molecule has 0 aromatic heterocycles. The Bertz CT molecular complexity index is 872. The topological polar surface area (TPSA) is 47.6 Å². The van der Waals surface area contributed by atoms with Gasteiger partial charge in [-0.3, -0.25) is 4.79 Å². The summed E-state index contributed by atoms with van der Waals surface area (Å²) in [4.78, 5) is 12.7. The van der Waals surface area contributed by atoms with Crippen LogP contribution in [0.25, 0.3) is 0 Å². The second-order valence-corrected chi connectivity index (χ2v) is 9.23. The zero-order valence-electron chi connectivity index (χ0n) is 18.1. The lowest BCUT2D eigenvalue weighted by molar-refractivity contribution is -0.121. The van der Waals surface area contributed by atoms with Crippen molar-refractivity contribution in [2.24, 2.45) is 0 Å². The number of benzene rings is 2. The maximum Gasteiger partial charge on any atom is 0.220 e. The summed E-state index contributed by atoms with van der Waals surface area (Å²) in [6.45, 7) is 1.97. The molecule has 0 spiro atoms. The van der Waals surface area contributed by atoms with Crippen molar-refractivity contribution in [1.29, 1.82) is 0 Å². The molecule has 1 aliphatic carbocycles. The van der Waals surface area contributed by atoms with Gasteiger partial charge < -0.3 is 14.8 Å². The molecule has 1 saturated heterocycles. The van der Waals surface area contributed by atoms with Gasteiger partial charge in [-0.05, 0) is 74.3 Å². The third-order valence-corrected chi connectivity index (χ3v) is 6.99. The van der Waals surface area contributed by atoms with E-state index in [1.807, 2.05) is 30.3 Å². The minimum atomic E-state index is -0.165. The highest BCUT2D eigenvalue weighted by molar-refractivity contribution is 6.31. The standard InChI is InChI=1S/C26H32ClNO3/c27-24-11-4-3-10-23(24)26(14-16-30-17-15-26)19-28-25(29)13-12-20-6-5-9-22(18-20)31-21-7-1-2-8-21/h3-6,9-11,18,21H,1-2,7-8,12-17,19H2,(H,28,29). The monoisotopic (exact) mass is 441 g/mol. The van der Waals surface area contributed by atoms with Gasteiger partial charge in [0.15, 0.2) is 0 Å². The Morgan fingerprint density at radius 2 is 1.87 bits per heavy atom. The highest BCUT2D eigenvalue weighted by atomic mass is 35.5. The van der Waals surface area contributed by atoms with E-state index in [4.69, 9.17) is 21.1 Å². The molecule has 1 saturated carbocycles. The fourth-order valence-electron chi connectivity index (χ4n) is 4.78. The number of carbonyl (C=O) groups excluding carboxylic acids is 1. The zero-order chi connectivity index (χ0) is 21.5. The summed E-state index contributed by atoms with van der Waals surface area (Å²) in [5.74, 6) is 0.990. The first kappa shape index (κ1) is 22.2. The van der Waals surface area contributed by atoms with Crippen molar-refractivity contribution in [3.05, 3.63) is 64.7 Å². The lowest BCUT2D eigenvalue weighted by Crippen LogP contribution is -2.44. The van der Waals surface area contributed by atoms with Gasteiger partial charge in [-0.2, -0.15) is 0 Å². The van der Waals surface area contributed by atoms with Gasteiger partial charge in [-0.15, -0.1) is 0 Å². The van der Waals surface area contributed by atoms with E-state index in [1.54, 1.807) is 0 Å². The first-order chi connectivity index (χ1) is 15.1. The number of hydrogen-bond acceptors (Lipinski definition) is 3. The summed E-state index contributed by atoms with van der Waals surface area (Å²) in [7, 11) is 0. The molecule has 0 bridgehead atoms. The quantitative estimate of drug-likeness (QED) is 0.591. The van der Waals surface area contributed by atoms with Crippen molar-refractivity contribution in [3.8, 4) is 5.75 Å². The minimum Gasteiger partial charge on any atom is -0.490 e. The Balaban J connectivity index is 1.32. The first-order valence-electron chi connectivity index (χ1n) is 11.5. The molecule has 2 aliphatic rings. The molecule has 1 N–H and O–H groups in total. The van der Waals surface area contributed by atoms with E-state index in [0.29, 0.717) is 38.7 Å². The van der Waals surface area contributed by atoms with Crippen LogP contribution in [0, 0.1) is 0 Å². The zero-order valence-corrected chi connectivity index (χ0v) is 18.8. The van der Waals surface area contributed by atoms with Gasteiger partial charge in [0.1, 0.15) is 5.75 Å². The molecule has 0 unspecified atom stereocenters. The maximum absolute atomic E-state index is 12.7. The van der Waals surface area contributed by atoms with E-state index in [0.717, 1.165) is 47.6 Å². The van der Waals surface area contributed by atoms with E-state index in [1.165, 1.54) is 12.8 Å². The maximum atomic E-state index is 12.7. The summed E-state index contributed by atoms with van der Waals surface area (Å²) < 4.78 is 11.7. The van der Waals surface area contributed by atoms with Crippen molar-refractivity contribution in [2.45, 2.75) is 62.9 Å². The summed E-state index contributed by atoms with van der Waals surface area (Å²) in [5, 5.41) is 3.94. The summed E-state index contributed by atoms with van der Waals surface area (Å²) >= 11 is 6.51. The number of ether oxygens (including phenoxy) is 2. The second-order valence-electron chi connectivity index (χ2n) is 8.82. The highest BCUT2D eigenvalue weighted by Gasteiger charge is 2.36. The first-order valence-corrected chi connectivity index (χ1v) is 11.9. The van der Waals surface area contributed by atoms with Crippen LogP contribution in [-0.4, -0.2) is 31.8 Å². The van der Waals surface area contributed by atoms with Gasteiger partial charge in [-0.25, -0.2) is 0 Å². The van der Waals surface area contributed by atoms with Crippen LogP contribution >= 0.6 is 11.6 Å². The van der Waals surface area contributed by atoms with Crippen LogP contribution in [0.3, 0.4) is 0 Å². The van der Waals surface area contributed by atoms with Gasteiger partial charge in [0, 0.05) is 36.6 Å². The van der Waals surface area contributed by atoms with Crippen LogP contribution in [0.1, 0.15) is 56.1 Å². The molecular formula is C26H32ClNO3. The van der Waals surface area contributed by atoms with Gasteiger partial charge in [0.25, 0.3) is 0 Å². The lowest BCUT2D eigenvalue weighted by Gasteiger charge is -2.38. The molecule has 1 amide bonds. The van der Waals surface area contributed by atoms with E-state index in [-0.39, 0.29) is 11.3 Å². The average molecular weight is 442 g/mol. The predicted octanol–water partition coefficient (Wildman–Crippen LogP) is 5.46. The van der Waals surface area contributed by atoms with Crippen LogP contribution in [0.5, 0.6) is 5.75 Å². The average Bonchev–Trinajstić information content (AvgIpc) is 3.30. The van der Waals surface area contributed by atoms with Crippen molar-refractivity contribution < 1.29 is 14.3 Å². The van der Waals surface area contributed by atoms with Crippen molar-refractivity contribution in [3.63, 3.8) is 0 Å². The van der Waals surface area contributed by atoms with Gasteiger partial charge in [-0.1, -0.05) is 41.9 Å². The van der Waals surface area contributed by atoms with Crippen LogP contribution in [0.4, 0.5) is 0 Å². The Morgan fingerprint density at radius 1 is 1.10 bits per heavy atom. The lowest BCUT2D eigenvalue weighted by atomic mass is 9.74. The molecule has 4 rings (SSSR count). The fourth-order valence-corrected chi connectivity index (χ4v) is 5.12. The van der Waals surface area contributed by atoms with Gasteiger partial charge in [0.2, 0.25) is 5.91 Å². The molecule has 1 heterocycles.